The molecule has 1 saturated heterocycles. The summed E-state index contributed by atoms with van der Waals surface area (Å²) in [6, 6.07) is -3.46. The number of carbonyl (C=O) groups is 4. The highest BCUT2D eigenvalue weighted by Gasteiger charge is 2.33. The van der Waals surface area contributed by atoms with Crippen molar-refractivity contribution in [2.45, 2.75) is 63.7 Å². The number of imidazole rings is 1. The fraction of sp³-hybridized carbons (Fsp3) is 0.650. The maximum absolute atomic E-state index is 13.1. The first-order chi connectivity index (χ1) is 15.3. The zero-order chi connectivity index (χ0) is 23.7. The molecular weight excluding hydrogens is 436 g/mol. The van der Waals surface area contributed by atoms with Crippen LogP contribution in [0.1, 0.15) is 38.8 Å². The third-order valence-corrected chi connectivity index (χ3v) is 5.94. The molecule has 5 unspecified atom stereocenters. The molecule has 11 nitrogen and oxygen atoms in total. The van der Waals surface area contributed by atoms with Crippen molar-refractivity contribution in [3.8, 4) is 0 Å². The number of hydrogen-bond donors (Lipinski definition) is 7. The standard InChI is InChI=1S/C20H32N6O5S/c1-3-11(2)16(26-17(27)13-5-4-6-22-13)19(29)24-14(7-12-8-21-10-23-12)18(28)25-15(9-32)20(30)31/h8,10-11,13-16,22,32H,3-7,9H2,1-2H3,(H,21,23)(H,24,29)(H,25,28)(H,26,27)(H,30,31). The second kappa shape index (κ2) is 12.4. The Morgan fingerprint density at radius 1 is 1.22 bits per heavy atom. The minimum Gasteiger partial charge on any atom is -0.480 e. The van der Waals surface area contributed by atoms with E-state index < -0.39 is 35.9 Å². The van der Waals surface area contributed by atoms with E-state index in [2.05, 4.69) is 43.9 Å². The number of amides is 3. The Bertz CT molecular complexity index is 783. The van der Waals surface area contributed by atoms with Gasteiger partial charge in [-0.3, -0.25) is 14.4 Å². The van der Waals surface area contributed by atoms with Gasteiger partial charge in [-0.15, -0.1) is 0 Å². The summed E-state index contributed by atoms with van der Waals surface area (Å²) in [5.41, 5.74) is 0.586. The highest BCUT2D eigenvalue weighted by Crippen LogP contribution is 2.12. The summed E-state index contributed by atoms with van der Waals surface area (Å²) in [6.45, 7) is 4.50. The predicted molar refractivity (Wildman–Crippen MR) is 120 cm³/mol. The third-order valence-electron chi connectivity index (χ3n) is 5.58. The SMILES string of the molecule is CCC(C)C(NC(=O)C1CCCN1)C(=O)NC(Cc1cnc[nH]1)C(=O)NC(CS)C(=O)O. The van der Waals surface area contributed by atoms with Gasteiger partial charge < -0.3 is 31.4 Å². The van der Waals surface area contributed by atoms with Crippen LogP contribution in [0.5, 0.6) is 0 Å². The molecule has 2 rings (SSSR count). The van der Waals surface area contributed by atoms with Gasteiger partial charge in [0, 0.05) is 24.1 Å². The van der Waals surface area contributed by atoms with Crippen molar-refractivity contribution in [3.05, 3.63) is 18.2 Å². The van der Waals surface area contributed by atoms with Gasteiger partial charge in [-0.2, -0.15) is 12.6 Å². The molecule has 0 aliphatic carbocycles. The van der Waals surface area contributed by atoms with E-state index in [1.54, 1.807) is 0 Å². The van der Waals surface area contributed by atoms with Gasteiger partial charge >= 0.3 is 5.97 Å². The normalized spacial score (nSPS) is 19.4. The van der Waals surface area contributed by atoms with Gasteiger partial charge in [0.2, 0.25) is 17.7 Å². The zero-order valence-electron chi connectivity index (χ0n) is 18.3. The first-order valence-corrected chi connectivity index (χ1v) is 11.3. The zero-order valence-corrected chi connectivity index (χ0v) is 19.2. The van der Waals surface area contributed by atoms with E-state index in [-0.39, 0.29) is 30.0 Å². The molecule has 1 aromatic heterocycles. The number of thiol groups is 1. The van der Waals surface area contributed by atoms with Gasteiger partial charge in [0.1, 0.15) is 18.1 Å². The number of aliphatic carboxylic acids is 1. The number of aromatic nitrogens is 2. The topological polar surface area (TPSA) is 165 Å². The number of H-pyrrole nitrogens is 1. The highest BCUT2D eigenvalue weighted by atomic mass is 32.1. The minimum atomic E-state index is -1.23. The Morgan fingerprint density at radius 2 is 1.94 bits per heavy atom. The van der Waals surface area contributed by atoms with Crippen molar-refractivity contribution in [1.29, 1.82) is 0 Å². The van der Waals surface area contributed by atoms with E-state index in [0.29, 0.717) is 18.5 Å². The molecular formula is C20H32N6O5S. The summed E-state index contributed by atoms with van der Waals surface area (Å²) in [4.78, 5) is 56.6. The quantitative estimate of drug-likeness (QED) is 0.198. The van der Waals surface area contributed by atoms with Crippen LogP contribution in [-0.2, 0) is 25.6 Å². The Kier molecular flexibility index (Phi) is 9.97. The van der Waals surface area contributed by atoms with E-state index in [9.17, 15) is 24.3 Å². The summed E-state index contributed by atoms with van der Waals surface area (Å²) in [7, 11) is 0. The number of carboxylic acids is 1. The molecule has 1 aromatic rings. The lowest BCUT2D eigenvalue weighted by Gasteiger charge is -2.27. The first-order valence-electron chi connectivity index (χ1n) is 10.7. The smallest absolute Gasteiger partial charge is 0.327 e. The molecule has 0 aromatic carbocycles. The molecule has 0 spiro atoms. The van der Waals surface area contributed by atoms with Gasteiger partial charge in [-0.1, -0.05) is 20.3 Å². The molecule has 12 heteroatoms. The maximum atomic E-state index is 13.1. The van der Waals surface area contributed by atoms with E-state index >= 15 is 0 Å². The van der Waals surface area contributed by atoms with Crippen molar-refractivity contribution in [2.24, 2.45) is 5.92 Å². The average molecular weight is 469 g/mol. The lowest BCUT2D eigenvalue weighted by Crippen LogP contribution is -2.59. The van der Waals surface area contributed by atoms with Crippen LogP contribution in [-0.4, -0.2) is 75.2 Å². The predicted octanol–water partition coefficient (Wildman–Crippen LogP) is -0.781. The van der Waals surface area contributed by atoms with Crippen LogP contribution < -0.4 is 21.3 Å². The van der Waals surface area contributed by atoms with Gasteiger partial charge in [0.15, 0.2) is 0 Å². The van der Waals surface area contributed by atoms with Crippen LogP contribution in [0.3, 0.4) is 0 Å². The number of rotatable bonds is 12. The molecule has 1 aliphatic heterocycles. The average Bonchev–Trinajstić information content (AvgIpc) is 3.48. The largest absolute Gasteiger partial charge is 0.480 e. The summed E-state index contributed by atoms with van der Waals surface area (Å²) < 4.78 is 0. The van der Waals surface area contributed by atoms with E-state index in [1.807, 2.05) is 13.8 Å². The molecule has 0 radical (unpaired) electrons. The van der Waals surface area contributed by atoms with Gasteiger partial charge in [0.25, 0.3) is 0 Å². The Balaban J connectivity index is 2.15. The van der Waals surface area contributed by atoms with E-state index in [4.69, 9.17) is 0 Å². The number of aromatic amines is 1. The van der Waals surface area contributed by atoms with E-state index in [0.717, 1.165) is 13.0 Å². The summed E-state index contributed by atoms with van der Waals surface area (Å²) in [6.07, 6.45) is 5.25. The fourth-order valence-corrected chi connectivity index (χ4v) is 3.66. The molecule has 2 heterocycles. The fourth-order valence-electron chi connectivity index (χ4n) is 3.41. The van der Waals surface area contributed by atoms with Crippen molar-refractivity contribution >= 4 is 36.3 Å². The van der Waals surface area contributed by atoms with Gasteiger partial charge in [0.05, 0.1) is 12.4 Å². The first kappa shape index (κ1) is 25.7. The van der Waals surface area contributed by atoms with Crippen LogP contribution >= 0.6 is 12.6 Å². The molecule has 1 aliphatic rings. The Hall–Kier alpha value is -2.60. The third kappa shape index (κ3) is 7.23. The number of carboxylic acid groups (broad SMARTS) is 1. The second-order valence-electron chi connectivity index (χ2n) is 7.94. The molecule has 1 fully saturated rings. The minimum absolute atomic E-state index is 0.0713. The van der Waals surface area contributed by atoms with Crippen molar-refractivity contribution in [3.63, 3.8) is 0 Å². The molecule has 3 amide bonds. The number of nitrogens with one attached hydrogen (secondary N) is 5. The molecule has 32 heavy (non-hydrogen) atoms. The van der Waals surface area contributed by atoms with E-state index in [1.165, 1.54) is 12.5 Å². The Labute approximate surface area is 192 Å². The lowest BCUT2D eigenvalue weighted by atomic mass is 9.97. The monoisotopic (exact) mass is 468 g/mol. The maximum Gasteiger partial charge on any atom is 0.327 e. The molecule has 5 atom stereocenters. The van der Waals surface area contributed by atoms with Crippen molar-refractivity contribution in [2.75, 3.05) is 12.3 Å². The summed E-state index contributed by atoms with van der Waals surface area (Å²) in [5.74, 6) is -2.94. The molecule has 0 bridgehead atoms. The Morgan fingerprint density at radius 3 is 2.47 bits per heavy atom. The van der Waals surface area contributed by atoms with Crippen LogP contribution in [0.15, 0.2) is 12.5 Å². The lowest BCUT2D eigenvalue weighted by molar-refractivity contribution is -0.141. The summed E-state index contributed by atoms with van der Waals surface area (Å²) >= 11 is 3.96. The van der Waals surface area contributed by atoms with Gasteiger partial charge in [-0.25, -0.2) is 9.78 Å². The van der Waals surface area contributed by atoms with Crippen LogP contribution in [0.4, 0.5) is 0 Å². The number of carbonyl (C=O) groups excluding carboxylic acids is 3. The van der Waals surface area contributed by atoms with Crippen molar-refractivity contribution in [1.82, 2.24) is 31.2 Å². The number of nitrogens with zero attached hydrogens (tertiary/aromatic N) is 1. The second-order valence-corrected chi connectivity index (χ2v) is 8.31. The molecule has 178 valence electrons. The van der Waals surface area contributed by atoms with Crippen LogP contribution in [0.2, 0.25) is 0 Å². The number of hydrogen-bond acceptors (Lipinski definition) is 7. The van der Waals surface area contributed by atoms with Crippen LogP contribution in [0, 0.1) is 5.92 Å². The molecule has 0 saturated carbocycles. The van der Waals surface area contributed by atoms with Crippen LogP contribution in [0.25, 0.3) is 0 Å². The highest BCUT2D eigenvalue weighted by molar-refractivity contribution is 7.80. The summed E-state index contributed by atoms with van der Waals surface area (Å²) in [5, 5.41) is 20.2. The van der Waals surface area contributed by atoms with Crippen molar-refractivity contribution < 1.29 is 24.3 Å². The van der Waals surface area contributed by atoms with Gasteiger partial charge in [-0.05, 0) is 25.3 Å². The molecule has 6 N–H and O–H groups in total.